The molecule has 0 radical (unpaired) electrons. The Kier molecular flexibility index (Phi) is 5.19. The van der Waals surface area contributed by atoms with Crippen LogP contribution in [0.3, 0.4) is 0 Å². The van der Waals surface area contributed by atoms with E-state index in [4.69, 9.17) is 10.4 Å². The van der Waals surface area contributed by atoms with Crippen molar-refractivity contribution in [2.75, 3.05) is 5.32 Å². The predicted octanol–water partition coefficient (Wildman–Crippen LogP) is 2.92. The van der Waals surface area contributed by atoms with Crippen LogP contribution in [0.15, 0.2) is 18.2 Å². The van der Waals surface area contributed by atoms with E-state index in [1.807, 2.05) is 32.0 Å². The van der Waals surface area contributed by atoms with Crippen LogP contribution < -0.4 is 5.32 Å². The molecule has 1 rings (SSSR count). The van der Waals surface area contributed by atoms with E-state index in [2.05, 4.69) is 11.4 Å². The molecule has 0 aliphatic heterocycles. The van der Waals surface area contributed by atoms with Crippen molar-refractivity contribution in [1.29, 1.82) is 5.26 Å². The Morgan fingerprint density at radius 1 is 1.56 bits per heavy atom. The SMILES string of the molecule is Cc1ccc(NC(C)CCCC(=O)O)c(C#N)c1. The van der Waals surface area contributed by atoms with Gasteiger partial charge in [-0.05, 0) is 44.4 Å². The molecule has 0 saturated heterocycles. The Hall–Kier alpha value is -2.02. The molecule has 4 nitrogen and oxygen atoms in total. The predicted molar refractivity (Wildman–Crippen MR) is 70.5 cm³/mol. The second kappa shape index (κ2) is 6.65. The number of aryl methyl sites for hydroxylation is 1. The number of carboxylic acid groups (broad SMARTS) is 1. The highest BCUT2D eigenvalue weighted by atomic mass is 16.4. The highest BCUT2D eigenvalue weighted by Gasteiger charge is 2.07. The number of aliphatic carboxylic acids is 1. The largest absolute Gasteiger partial charge is 0.481 e. The van der Waals surface area contributed by atoms with E-state index >= 15 is 0 Å². The molecule has 0 aliphatic rings. The van der Waals surface area contributed by atoms with E-state index < -0.39 is 5.97 Å². The van der Waals surface area contributed by atoms with Crippen LogP contribution in [0.25, 0.3) is 0 Å². The third kappa shape index (κ3) is 4.46. The van der Waals surface area contributed by atoms with Crippen molar-refractivity contribution >= 4 is 11.7 Å². The number of carboxylic acids is 1. The first-order valence-corrected chi connectivity index (χ1v) is 6.02. The van der Waals surface area contributed by atoms with Gasteiger partial charge in [-0.3, -0.25) is 4.79 Å². The third-order valence-corrected chi connectivity index (χ3v) is 2.73. The van der Waals surface area contributed by atoms with E-state index in [-0.39, 0.29) is 12.5 Å². The molecular formula is C14H18N2O2. The lowest BCUT2D eigenvalue weighted by Crippen LogP contribution is -2.16. The molecule has 4 heteroatoms. The Balaban J connectivity index is 2.56. The smallest absolute Gasteiger partial charge is 0.303 e. The molecule has 0 aromatic heterocycles. The van der Waals surface area contributed by atoms with Gasteiger partial charge in [-0.2, -0.15) is 5.26 Å². The van der Waals surface area contributed by atoms with Crippen LogP contribution in [0.5, 0.6) is 0 Å². The summed E-state index contributed by atoms with van der Waals surface area (Å²) in [6.07, 6.45) is 1.59. The van der Waals surface area contributed by atoms with E-state index in [0.29, 0.717) is 12.0 Å². The summed E-state index contributed by atoms with van der Waals surface area (Å²) in [5.41, 5.74) is 2.49. The first-order valence-electron chi connectivity index (χ1n) is 6.02. The molecule has 0 spiro atoms. The summed E-state index contributed by atoms with van der Waals surface area (Å²) in [4.78, 5) is 10.4. The van der Waals surface area contributed by atoms with Crippen LogP contribution in [-0.4, -0.2) is 17.1 Å². The number of nitrogens with one attached hydrogen (secondary N) is 1. The Labute approximate surface area is 107 Å². The number of benzene rings is 1. The molecule has 0 aliphatic carbocycles. The molecule has 18 heavy (non-hydrogen) atoms. The summed E-state index contributed by atoms with van der Waals surface area (Å²) >= 11 is 0. The molecule has 0 saturated carbocycles. The molecule has 1 atom stereocenters. The van der Waals surface area contributed by atoms with E-state index in [9.17, 15) is 4.79 Å². The second-order valence-electron chi connectivity index (χ2n) is 4.49. The third-order valence-electron chi connectivity index (χ3n) is 2.73. The summed E-state index contributed by atoms with van der Waals surface area (Å²) in [5, 5.41) is 20.8. The fourth-order valence-electron chi connectivity index (χ4n) is 1.77. The molecule has 0 fully saturated rings. The maximum absolute atomic E-state index is 10.4. The van der Waals surface area contributed by atoms with Crippen LogP contribution >= 0.6 is 0 Å². The normalized spacial score (nSPS) is 11.6. The zero-order valence-corrected chi connectivity index (χ0v) is 10.7. The molecule has 0 heterocycles. The Morgan fingerprint density at radius 3 is 2.89 bits per heavy atom. The number of hydrogen-bond acceptors (Lipinski definition) is 3. The molecule has 0 amide bonds. The fourth-order valence-corrected chi connectivity index (χ4v) is 1.77. The zero-order chi connectivity index (χ0) is 13.5. The lowest BCUT2D eigenvalue weighted by atomic mass is 10.1. The summed E-state index contributed by atoms with van der Waals surface area (Å²) < 4.78 is 0. The highest BCUT2D eigenvalue weighted by molar-refractivity contribution is 5.66. The molecule has 1 unspecified atom stereocenters. The monoisotopic (exact) mass is 246 g/mol. The van der Waals surface area contributed by atoms with Gasteiger partial charge in [0.1, 0.15) is 6.07 Å². The average Bonchev–Trinajstić information content (AvgIpc) is 2.31. The van der Waals surface area contributed by atoms with Crippen LogP contribution in [0.4, 0.5) is 5.69 Å². The lowest BCUT2D eigenvalue weighted by molar-refractivity contribution is -0.137. The summed E-state index contributed by atoms with van der Waals surface area (Å²) in [6, 6.07) is 7.99. The summed E-state index contributed by atoms with van der Waals surface area (Å²) in [7, 11) is 0. The van der Waals surface area contributed by atoms with Gasteiger partial charge in [0.05, 0.1) is 11.3 Å². The van der Waals surface area contributed by atoms with Crippen molar-refractivity contribution in [1.82, 2.24) is 0 Å². The van der Waals surface area contributed by atoms with E-state index in [1.165, 1.54) is 0 Å². The second-order valence-corrected chi connectivity index (χ2v) is 4.49. The highest BCUT2D eigenvalue weighted by Crippen LogP contribution is 2.18. The number of carbonyl (C=O) groups is 1. The summed E-state index contributed by atoms with van der Waals surface area (Å²) in [6.45, 7) is 3.93. The minimum Gasteiger partial charge on any atom is -0.481 e. The molecule has 1 aromatic carbocycles. The molecule has 1 aromatic rings. The zero-order valence-electron chi connectivity index (χ0n) is 10.7. The van der Waals surface area contributed by atoms with Gasteiger partial charge >= 0.3 is 5.97 Å². The molecular weight excluding hydrogens is 228 g/mol. The number of nitriles is 1. The minimum absolute atomic E-state index is 0.152. The van der Waals surface area contributed by atoms with Gasteiger partial charge in [0, 0.05) is 12.5 Å². The Morgan fingerprint density at radius 2 is 2.28 bits per heavy atom. The fraction of sp³-hybridized carbons (Fsp3) is 0.429. The first-order chi connectivity index (χ1) is 8.52. The molecule has 96 valence electrons. The standard InChI is InChI=1S/C14H18N2O2/c1-10-6-7-13(12(8-10)9-15)16-11(2)4-3-5-14(17)18/h6-8,11,16H,3-5H2,1-2H3,(H,17,18). The van der Waals surface area contributed by atoms with Crippen molar-refractivity contribution in [3.05, 3.63) is 29.3 Å². The summed E-state index contributed by atoms with van der Waals surface area (Å²) in [5.74, 6) is -0.768. The van der Waals surface area contributed by atoms with Crippen molar-refractivity contribution in [2.24, 2.45) is 0 Å². The van der Waals surface area contributed by atoms with Crippen LogP contribution in [0.1, 0.15) is 37.3 Å². The number of anilines is 1. The Bertz CT molecular complexity index is 463. The van der Waals surface area contributed by atoms with Gasteiger partial charge < -0.3 is 10.4 Å². The van der Waals surface area contributed by atoms with E-state index in [1.54, 1.807) is 0 Å². The van der Waals surface area contributed by atoms with Crippen molar-refractivity contribution < 1.29 is 9.90 Å². The van der Waals surface area contributed by atoms with Gasteiger partial charge in [-0.15, -0.1) is 0 Å². The van der Waals surface area contributed by atoms with E-state index in [0.717, 1.165) is 17.7 Å². The minimum atomic E-state index is -0.768. The maximum atomic E-state index is 10.4. The van der Waals surface area contributed by atoms with Crippen molar-refractivity contribution in [3.8, 4) is 6.07 Å². The van der Waals surface area contributed by atoms with Gasteiger partial charge in [0.15, 0.2) is 0 Å². The van der Waals surface area contributed by atoms with Crippen LogP contribution in [0.2, 0.25) is 0 Å². The lowest BCUT2D eigenvalue weighted by Gasteiger charge is -2.16. The van der Waals surface area contributed by atoms with Crippen molar-refractivity contribution in [2.45, 2.75) is 39.2 Å². The molecule has 0 bridgehead atoms. The van der Waals surface area contributed by atoms with Gasteiger partial charge in [0.2, 0.25) is 0 Å². The van der Waals surface area contributed by atoms with Crippen LogP contribution in [-0.2, 0) is 4.79 Å². The van der Waals surface area contributed by atoms with Crippen LogP contribution in [0, 0.1) is 18.3 Å². The maximum Gasteiger partial charge on any atom is 0.303 e. The quantitative estimate of drug-likeness (QED) is 0.809. The van der Waals surface area contributed by atoms with Gasteiger partial charge in [-0.25, -0.2) is 0 Å². The number of nitrogens with zero attached hydrogens (tertiary/aromatic N) is 1. The van der Waals surface area contributed by atoms with Gasteiger partial charge in [-0.1, -0.05) is 6.07 Å². The number of rotatable bonds is 6. The van der Waals surface area contributed by atoms with Gasteiger partial charge in [0.25, 0.3) is 0 Å². The first kappa shape index (κ1) is 14.0. The topological polar surface area (TPSA) is 73.1 Å². The average molecular weight is 246 g/mol. The van der Waals surface area contributed by atoms with Crippen molar-refractivity contribution in [3.63, 3.8) is 0 Å². The number of hydrogen-bond donors (Lipinski definition) is 2. The molecule has 2 N–H and O–H groups in total.